The van der Waals surface area contributed by atoms with Gasteiger partial charge in [0.05, 0.1) is 0 Å². The first-order chi connectivity index (χ1) is 6.09. The topological polar surface area (TPSA) is 46.5 Å². The van der Waals surface area contributed by atoms with Gasteiger partial charge in [0.1, 0.15) is 5.75 Å². The SMILES string of the molecule is O=C(O)[C@H](F)Oc1ccc(Br)cc1. The van der Waals surface area contributed by atoms with Crippen molar-refractivity contribution < 1.29 is 19.0 Å². The van der Waals surface area contributed by atoms with Gasteiger partial charge in [-0.1, -0.05) is 15.9 Å². The number of alkyl halides is 1. The van der Waals surface area contributed by atoms with Gasteiger partial charge in [0.15, 0.2) is 0 Å². The number of benzene rings is 1. The van der Waals surface area contributed by atoms with Gasteiger partial charge in [0, 0.05) is 4.47 Å². The van der Waals surface area contributed by atoms with Crippen LogP contribution in [0.2, 0.25) is 0 Å². The molecule has 1 aromatic rings. The van der Waals surface area contributed by atoms with Crippen LogP contribution in [0.5, 0.6) is 5.75 Å². The van der Waals surface area contributed by atoms with E-state index in [9.17, 15) is 9.18 Å². The number of ether oxygens (including phenoxy) is 1. The minimum absolute atomic E-state index is 0.179. The first-order valence-corrected chi connectivity index (χ1v) is 4.18. The van der Waals surface area contributed by atoms with E-state index in [-0.39, 0.29) is 5.75 Å². The molecule has 3 nitrogen and oxygen atoms in total. The minimum Gasteiger partial charge on any atom is -0.476 e. The largest absolute Gasteiger partial charge is 0.476 e. The molecule has 0 amide bonds. The molecule has 1 rings (SSSR count). The van der Waals surface area contributed by atoms with Crippen molar-refractivity contribution in [2.24, 2.45) is 0 Å². The van der Waals surface area contributed by atoms with E-state index in [1.54, 1.807) is 12.1 Å². The third-order valence-corrected chi connectivity index (χ3v) is 1.78. The Morgan fingerprint density at radius 2 is 2.00 bits per heavy atom. The maximum Gasteiger partial charge on any atom is 0.378 e. The lowest BCUT2D eigenvalue weighted by Gasteiger charge is -2.06. The van der Waals surface area contributed by atoms with Gasteiger partial charge in [-0.15, -0.1) is 0 Å². The zero-order valence-corrected chi connectivity index (χ0v) is 7.99. The van der Waals surface area contributed by atoms with Crippen LogP contribution in [0.1, 0.15) is 0 Å². The monoisotopic (exact) mass is 248 g/mol. The molecular weight excluding hydrogens is 243 g/mol. The molecule has 0 saturated carbocycles. The second-order valence-corrected chi connectivity index (χ2v) is 3.14. The summed E-state index contributed by atoms with van der Waals surface area (Å²) >= 11 is 3.17. The highest BCUT2D eigenvalue weighted by atomic mass is 79.9. The van der Waals surface area contributed by atoms with Crippen molar-refractivity contribution in [1.82, 2.24) is 0 Å². The first kappa shape index (κ1) is 9.98. The summed E-state index contributed by atoms with van der Waals surface area (Å²) in [5, 5.41) is 8.19. The zero-order valence-electron chi connectivity index (χ0n) is 6.41. The number of hydrogen-bond acceptors (Lipinski definition) is 2. The standard InChI is InChI=1S/C8H6BrFO3/c9-5-1-3-6(4-2-5)13-7(10)8(11)12/h1-4,7H,(H,11,12)/t7-/m1/s1. The van der Waals surface area contributed by atoms with Crippen LogP contribution in [0.15, 0.2) is 28.7 Å². The summed E-state index contributed by atoms with van der Waals surface area (Å²) in [6, 6.07) is 6.20. The van der Waals surface area contributed by atoms with E-state index in [0.717, 1.165) is 4.47 Å². The highest BCUT2D eigenvalue weighted by Crippen LogP contribution is 2.17. The van der Waals surface area contributed by atoms with Crippen LogP contribution >= 0.6 is 15.9 Å². The molecule has 0 unspecified atom stereocenters. The second-order valence-electron chi connectivity index (χ2n) is 2.23. The van der Waals surface area contributed by atoms with Gasteiger partial charge in [-0.25, -0.2) is 4.79 Å². The van der Waals surface area contributed by atoms with Crippen LogP contribution in [0.25, 0.3) is 0 Å². The van der Waals surface area contributed by atoms with E-state index >= 15 is 0 Å². The highest BCUT2D eigenvalue weighted by Gasteiger charge is 2.16. The Labute approximate surface area is 82.3 Å². The van der Waals surface area contributed by atoms with Gasteiger partial charge >= 0.3 is 12.3 Å². The molecule has 0 bridgehead atoms. The predicted octanol–water partition coefficient (Wildman–Crippen LogP) is 2.21. The molecule has 0 aliphatic carbocycles. The molecule has 0 fully saturated rings. The molecule has 1 N–H and O–H groups in total. The van der Waals surface area contributed by atoms with Crippen LogP contribution < -0.4 is 4.74 Å². The molecule has 0 aliphatic heterocycles. The maximum absolute atomic E-state index is 12.5. The van der Waals surface area contributed by atoms with Crippen LogP contribution in [0, 0.1) is 0 Å². The Morgan fingerprint density at radius 1 is 1.46 bits per heavy atom. The van der Waals surface area contributed by atoms with Crippen molar-refractivity contribution in [3.8, 4) is 5.75 Å². The summed E-state index contributed by atoms with van der Waals surface area (Å²) in [5.41, 5.74) is 0. The number of aliphatic carboxylic acids is 1. The van der Waals surface area contributed by atoms with Gasteiger partial charge in [0.2, 0.25) is 0 Å². The third-order valence-electron chi connectivity index (χ3n) is 1.25. The van der Waals surface area contributed by atoms with Crippen molar-refractivity contribution in [2.45, 2.75) is 6.36 Å². The first-order valence-electron chi connectivity index (χ1n) is 3.38. The van der Waals surface area contributed by atoms with Crippen LogP contribution in [0.4, 0.5) is 4.39 Å². The Hall–Kier alpha value is -1.10. The lowest BCUT2D eigenvalue weighted by atomic mass is 10.3. The molecule has 0 heterocycles. The minimum atomic E-state index is -2.32. The lowest BCUT2D eigenvalue weighted by Crippen LogP contribution is -2.21. The highest BCUT2D eigenvalue weighted by molar-refractivity contribution is 9.10. The smallest absolute Gasteiger partial charge is 0.378 e. The number of carboxylic acids is 1. The predicted molar refractivity (Wildman–Crippen MR) is 47.3 cm³/mol. The third kappa shape index (κ3) is 3.02. The fourth-order valence-corrected chi connectivity index (χ4v) is 0.947. The summed E-state index contributed by atoms with van der Waals surface area (Å²) in [6.07, 6.45) is -2.32. The van der Waals surface area contributed by atoms with Gasteiger partial charge in [-0.2, -0.15) is 4.39 Å². The Balaban J connectivity index is 2.64. The normalized spacial score (nSPS) is 12.2. The molecule has 0 spiro atoms. The lowest BCUT2D eigenvalue weighted by molar-refractivity contribution is -0.153. The molecule has 5 heteroatoms. The number of carboxylic acid groups (broad SMARTS) is 1. The Kier molecular flexibility index (Phi) is 3.25. The van der Waals surface area contributed by atoms with Gasteiger partial charge in [0.25, 0.3) is 0 Å². The fourth-order valence-electron chi connectivity index (χ4n) is 0.683. The van der Waals surface area contributed by atoms with Crippen molar-refractivity contribution in [1.29, 1.82) is 0 Å². The fraction of sp³-hybridized carbons (Fsp3) is 0.125. The van der Waals surface area contributed by atoms with Crippen molar-refractivity contribution in [2.75, 3.05) is 0 Å². The number of carbonyl (C=O) groups is 1. The summed E-state index contributed by atoms with van der Waals surface area (Å²) in [6.45, 7) is 0. The van der Waals surface area contributed by atoms with E-state index in [0.29, 0.717) is 0 Å². The summed E-state index contributed by atoms with van der Waals surface area (Å²) < 4.78 is 17.7. The summed E-state index contributed by atoms with van der Waals surface area (Å²) in [4.78, 5) is 10.1. The number of hydrogen-bond donors (Lipinski definition) is 1. The summed E-state index contributed by atoms with van der Waals surface area (Å²) in [5.74, 6) is -1.46. The summed E-state index contributed by atoms with van der Waals surface area (Å²) in [7, 11) is 0. The molecule has 0 aromatic heterocycles. The quantitative estimate of drug-likeness (QED) is 0.893. The van der Waals surface area contributed by atoms with E-state index in [4.69, 9.17) is 5.11 Å². The maximum atomic E-state index is 12.5. The number of rotatable bonds is 3. The molecule has 0 saturated heterocycles. The number of halogens is 2. The molecule has 70 valence electrons. The molecule has 0 aliphatic rings. The molecule has 1 atom stereocenters. The van der Waals surface area contributed by atoms with Crippen molar-refractivity contribution in [3.63, 3.8) is 0 Å². The van der Waals surface area contributed by atoms with E-state index in [1.807, 2.05) is 0 Å². The Morgan fingerprint density at radius 3 is 2.46 bits per heavy atom. The van der Waals surface area contributed by atoms with Crippen molar-refractivity contribution in [3.05, 3.63) is 28.7 Å². The van der Waals surface area contributed by atoms with Gasteiger partial charge in [-0.05, 0) is 24.3 Å². The van der Waals surface area contributed by atoms with Crippen LogP contribution in [0.3, 0.4) is 0 Å². The van der Waals surface area contributed by atoms with Crippen LogP contribution in [-0.2, 0) is 4.79 Å². The average Bonchev–Trinajstić information content (AvgIpc) is 2.08. The molecular formula is C8H6BrFO3. The molecule has 1 aromatic carbocycles. The molecule has 13 heavy (non-hydrogen) atoms. The van der Waals surface area contributed by atoms with Gasteiger partial charge < -0.3 is 9.84 Å². The van der Waals surface area contributed by atoms with Crippen LogP contribution in [-0.4, -0.2) is 17.4 Å². The van der Waals surface area contributed by atoms with E-state index < -0.39 is 12.3 Å². The zero-order chi connectivity index (χ0) is 9.84. The van der Waals surface area contributed by atoms with Gasteiger partial charge in [-0.3, -0.25) is 0 Å². The average molecular weight is 249 g/mol. The van der Waals surface area contributed by atoms with E-state index in [2.05, 4.69) is 20.7 Å². The Bertz CT molecular complexity index is 299. The second kappa shape index (κ2) is 4.23. The molecule has 0 radical (unpaired) electrons. The van der Waals surface area contributed by atoms with E-state index in [1.165, 1.54) is 12.1 Å². The van der Waals surface area contributed by atoms with Crippen molar-refractivity contribution >= 4 is 21.9 Å².